The maximum Gasteiger partial charge on any atom is 0.275 e. The zero-order valence-electron chi connectivity index (χ0n) is 10.3. The number of halogens is 1. The number of benzene rings is 1. The summed E-state index contributed by atoms with van der Waals surface area (Å²) in [6.07, 6.45) is 1.54. The minimum absolute atomic E-state index is 0.0832. The number of nitriles is 1. The van der Waals surface area contributed by atoms with Gasteiger partial charge in [0.05, 0.1) is 5.69 Å². The fourth-order valence-corrected chi connectivity index (χ4v) is 1.98. The molecule has 1 amide bonds. The lowest BCUT2D eigenvalue weighted by Crippen LogP contribution is -2.15. The van der Waals surface area contributed by atoms with Gasteiger partial charge in [0.2, 0.25) is 0 Å². The largest absolute Gasteiger partial charge is 0.477 e. The number of hydrogen-bond acceptors (Lipinski definition) is 4. The van der Waals surface area contributed by atoms with E-state index >= 15 is 0 Å². The molecule has 0 radical (unpaired) electrons. The summed E-state index contributed by atoms with van der Waals surface area (Å²) in [6, 6.07) is 12.3. The molecule has 0 aliphatic rings. The number of nitrogens with zero attached hydrogens (tertiary/aromatic N) is 2. The molecule has 0 aliphatic heterocycles. The third-order valence-corrected chi connectivity index (χ3v) is 3.04. The number of ether oxygens (including phenoxy) is 1. The molecular formula is C14H10BrN3O2. The van der Waals surface area contributed by atoms with Crippen molar-refractivity contribution in [2.75, 3.05) is 11.9 Å². The van der Waals surface area contributed by atoms with E-state index in [9.17, 15) is 4.79 Å². The molecule has 0 saturated carbocycles. The smallest absolute Gasteiger partial charge is 0.275 e. The summed E-state index contributed by atoms with van der Waals surface area (Å²) in [5.74, 6) is 0.0833. The molecule has 0 spiro atoms. The van der Waals surface area contributed by atoms with Crippen molar-refractivity contribution in [2.45, 2.75) is 0 Å². The number of anilines is 1. The van der Waals surface area contributed by atoms with E-state index in [1.807, 2.05) is 6.07 Å². The Kier molecular flexibility index (Phi) is 4.69. The SMILES string of the molecule is N#CCOc1ccccc1NC(=O)c1ncccc1Br. The highest BCUT2D eigenvalue weighted by Gasteiger charge is 2.13. The molecule has 0 fully saturated rings. The second-order valence-corrected chi connectivity index (χ2v) is 4.59. The number of rotatable bonds is 4. The lowest BCUT2D eigenvalue weighted by atomic mass is 10.2. The lowest BCUT2D eigenvalue weighted by Gasteiger charge is -2.10. The molecule has 6 heteroatoms. The van der Waals surface area contributed by atoms with Gasteiger partial charge in [-0.1, -0.05) is 12.1 Å². The molecule has 0 saturated heterocycles. The number of amides is 1. The second-order valence-electron chi connectivity index (χ2n) is 3.73. The van der Waals surface area contributed by atoms with Gasteiger partial charge < -0.3 is 10.1 Å². The fourth-order valence-electron chi connectivity index (χ4n) is 1.54. The van der Waals surface area contributed by atoms with Crippen LogP contribution in [0.2, 0.25) is 0 Å². The van der Waals surface area contributed by atoms with Crippen molar-refractivity contribution in [1.29, 1.82) is 5.26 Å². The minimum atomic E-state index is -0.356. The number of hydrogen-bond donors (Lipinski definition) is 1. The number of nitrogens with one attached hydrogen (secondary N) is 1. The zero-order valence-corrected chi connectivity index (χ0v) is 11.9. The lowest BCUT2D eigenvalue weighted by molar-refractivity contribution is 0.102. The molecule has 0 atom stereocenters. The van der Waals surface area contributed by atoms with Crippen LogP contribution >= 0.6 is 15.9 Å². The molecule has 0 unspecified atom stereocenters. The summed E-state index contributed by atoms with van der Waals surface area (Å²) in [4.78, 5) is 16.2. The van der Waals surface area contributed by atoms with Crippen LogP contribution in [-0.4, -0.2) is 17.5 Å². The van der Waals surface area contributed by atoms with Crippen LogP contribution in [-0.2, 0) is 0 Å². The van der Waals surface area contributed by atoms with Crippen molar-refractivity contribution in [1.82, 2.24) is 4.98 Å². The van der Waals surface area contributed by atoms with Crippen molar-refractivity contribution >= 4 is 27.5 Å². The highest BCUT2D eigenvalue weighted by molar-refractivity contribution is 9.10. The molecule has 0 aliphatic carbocycles. The second kappa shape index (κ2) is 6.68. The number of pyridine rings is 1. The Balaban J connectivity index is 2.20. The summed E-state index contributed by atoms with van der Waals surface area (Å²) < 4.78 is 5.85. The predicted molar refractivity (Wildman–Crippen MR) is 77.4 cm³/mol. The standard InChI is InChI=1S/C14H10BrN3O2/c15-10-4-3-8-17-13(10)14(19)18-11-5-1-2-6-12(11)20-9-7-16/h1-6,8H,9H2,(H,18,19). The topological polar surface area (TPSA) is 75.0 Å². The Hall–Kier alpha value is -2.39. The summed E-state index contributed by atoms with van der Waals surface area (Å²) in [5, 5.41) is 11.2. The van der Waals surface area contributed by atoms with Crippen molar-refractivity contribution < 1.29 is 9.53 Å². The molecule has 5 nitrogen and oxygen atoms in total. The first-order chi connectivity index (χ1) is 9.72. The average molecular weight is 332 g/mol. The molecule has 2 rings (SSSR count). The van der Waals surface area contributed by atoms with Crippen LogP contribution in [0.5, 0.6) is 5.75 Å². The highest BCUT2D eigenvalue weighted by atomic mass is 79.9. The maximum atomic E-state index is 12.1. The van der Waals surface area contributed by atoms with Crippen molar-refractivity contribution in [3.8, 4) is 11.8 Å². The van der Waals surface area contributed by atoms with Crippen molar-refractivity contribution in [3.63, 3.8) is 0 Å². The monoisotopic (exact) mass is 331 g/mol. The van der Waals surface area contributed by atoms with Crippen LogP contribution in [0.1, 0.15) is 10.5 Å². The molecular weight excluding hydrogens is 322 g/mol. The first-order valence-electron chi connectivity index (χ1n) is 5.73. The Bertz CT molecular complexity index is 667. The van der Waals surface area contributed by atoms with Gasteiger partial charge in [0.15, 0.2) is 6.61 Å². The summed E-state index contributed by atoms with van der Waals surface area (Å²) in [5.41, 5.74) is 0.771. The third-order valence-electron chi connectivity index (χ3n) is 2.40. The van der Waals surface area contributed by atoms with Gasteiger partial charge in [-0.05, 0) is 40.2 Å². The van der Waals surface area contributed by atoms with Crippen LogP contribution in [0, 0.1) is 11.3 Å². The number of aromatic nitrogens is 1. The van der Waals surface area contributed by atoms with E-state index in [4.69, 9.17) is 10.00 Å². The van der Waals surface area contributed by atoms with Gasteiger partial charge in [-0.15, -0.1) is 0 Å². The molecule has 2 aromatic rings. The number of carbonyl (C=O) groups excluding carboxylic acids is 1. The van der Waals surface area contributed by atoms with Crippen LogP contribution in [0.4, 0.5) is 5.69 Å². The van der Waals surface area contributed by atoms with Gasteiger partial charge in [0.1, 0.15) is 17.5 Å². The molecule has 1 aromatic carbocycles. The normalized spacial score (nSPS) is 9.60. The molecule has 1 aromatic heterocycles. The molecule has 0 bridgehead atoms. The Morgan fingerprint density at radius 2 is 2.15 bits per heavy atom. The van der Waals surface area contributed by atoms with Crippen molar-refractivity contribution in [3.05, 3.63) is 52.8 Å². The molecule has 1 N–H and O–H groups in total. The van der Waals surface area contributed by atoms with E-state index in [1.54, 1.807) is 36.4 Å². The number of para-hydroxylation sites is 2. The molecule has 100 valence electrons. The highest BCUT2D eigenvalue weighted by Crippen LogP contribution is 2.25. The van der Waals surface area contributed by atoms with Gasteiger partial charge >= 0.3 is 0 Å². The van der Waals surface area contributed by atoms with Crippen LogP contribution in [0.3, 0.4) is 0 Å². The molecule has 20 heavy (non-hydrogen) atoms. The van der Waals surface area contributed by atoms with Gasteiger partial charge in [0, 0.05) is 10.7 Å². The maximum absolute atomic E-state index is 12.1. The first kappa shape index (κ1) is 14.0. The Morgan fingerprint density at radius 1 is 1.35 bits per heavy atom. The van der Waals surface area contributed by atoms with E-state index in [-0.39, 0.29) is 18.2 Å². The Labute approximate surface area is 124 Å². The minimum Gasteiger partial charge on any atom is -0.477 e. The van der Waals surface area contributed by atoms with Gasteiger partial charge in [-0.3, -0.25) is 4.79 Å². The van der Waals surface area contributed by atoms with E-state index in [0.717, 1.165) is 0 Å². The average Bonchev–Trinajstić information content (AvgIpc) is 2.46. The van der Waals surface area contributed by atoms with Gasteiger partial charge in [-0.2, -0.15) is 5.26 Å². The van der Waals surface area contributed by atoms with E-state index in [1.165, 1.54) is 6.20 Å². The van der Waals surface area contributed by atoms with Crippen molar-refractivity contribution in [2.24, 2.45) is 0 Å². The quantitative estimate of drug-likeness (QED) is 0.934. The van der Waals surface area contributed by atoms with Crippen LogP contribution < -0.4 is 10.1 Å². The third kappa shape index (κ3) is 3.33. The number of carbonyl (C=O) groups is 1. The Morgan fingerprint density at radius 3 is 2.90 bits per heavy atom. The van der Waals surface area contributed by atoms with E-state index in [2.05, 4.69) is 26.2 Å². The summed E-state index contributed by atoms with van der Waals surface area (Å²) in [7, 11) is 0. The zero-order chi connectivity index (χ0) is 14.4. The van der Waals surface area contributed by atoms with Gasteiger partial charge in [-0.25, -0.2) is 4.98 Å². The fraction of sp³-hybridized carbons (Fsp3) is 0.0714. The van der Waals surface area contributed by atoms with Crippen LogP contribution in [0.15, 0.2) is 47.1 Å². The van der Waals surface area contributed by atoms with Crippen LogP contribution in [0.25, 0.3) is 0 Å². The van der Waals surface area contributed by atoms with E-state index < -0.39 is 0 Å². The predicted octanol–water partition coefficient (Wildman–Crippen LogP) is 3.00. The first-order valence-corrected chi connectivity index (χ1v) is 6.52. The summed E-state index contributed by atoms with van der Waals surface area (Å²) >= 11 is 3.27. The molecule has 1 heterocycles. The van der Waals surface area contributed by atoms with E-state index in [0.29, 0.717) is 15.9 Å². The summed E-state index contributed by atoms with van der Waals surface area (Å²) in [6.45, 7) is -0.0832. The van der Waals surface area contributed by atoms with Gasteiger partial charge in [0.25, 0.3) is 5.91 Å².